The average Bonchev–Trinajstić information content (AvgIpc) is 3.50. The zero-order valence-corrected chi connectivity index (χ0v) is 26.6. The number of carbonyl (C=O) groups is 1. The smallest absolute Gasteiger partial charge is 0.395 e. The SMILES string of the molecule is CN(N)c1nc(N)nc2c1ncn2C1O[C@H](COP(=O)(NCc2ccccc2)OCCSC(=O)C(C)(C)CO)C(O)[C@]1(C)O. The molecule has 16 nitrogen and oxygen atoms in total. The number of anilines is 2. The minimum atomic E-state index is -4.03. The van der Waals surface area contributed by atoms with Gasteiger partial charge in [-0.1, -0.05) is 42.1 Å². The van der Waals surface area contributed by atoms with Crippen LogP contribution in [0.4, 0.5) is 11.8 Å². The van der Waals surface area contributed by atoms with Crippen LogP contribution in [0, 0.1) is 5.41 Å². The quantitative estimate of drug-likeness (QED) is 0.0614. The Bertz CT molecular complexity index is 1490. The van der Waals surface area contributed by atoms with Gasteiger partial charge in [0.2, 0.25) is 5.95 Å². The Hall–Kier alpha value is -2.70. The Labute approximate surface area is 258 Å². The molecular formula is C26H39N8O8PS. The van der Waals surface area contributed by atoms with Crippen molar-refractivity contribution in [1.29, 1.82) is 0 Å². The number of benzene rings is 1. The van der Waals surface area contributed by atoms with E-state index in [1.54, 1.807) is 20.9 Å². The van der Waals surface area contributed by atoms with Crippen LogP contribution < -0.4 is 21.7 Å². The van der Waals surface area contributed by atoms with Gasteiger partial charge < -0.3 is 25.8 Å². The summed E-state index contributed by atoms with van der Waals surface area (Å²) in [5, 5.41) is 35.6. The van der Waals surface area contributed by atoms with E-state index in [-0.39, 0.29) is 48.0 Å². The molecule has 242 valence electrons. The molecule has 5 atom stereocenters. The number of hydrazine groups is 1. The summed E-state index contributed by atoms with van der Waals surface area (Å²) in [6.45, 7) is 3.89. The monoisotopic (exact) mass is 654 g/mol. The van der Waals surface area contributed by atoms with Gasteiger partial charge in [0.15, 0.2) is 28.3 Å². The van der Waals surface area contributed by atoms with Gasteiger partial charge in [-0.2, -0.15) is 9.97 Å². The maximum atomic E-state index is 13.8. The van der Waals surface area contributed by atoms with Crippen LogP contribution in [-0.2, 0) is 29.7 Å². The molecule has 0 bridgehead atoms. The van der Waals surface area contributed by atoms with Crippen molar-refractivity contribution in [3.8, 4) is 0 Å². The zero-order valence-electron chi connectivity index (χ0n) is 24.9. The van der Waals surface area contributed by atoms with E-state index in [1.807, 2.05) is 30.3 Å². The van der Waals surface area contributed by atoms with Crippen LogP contribution in [0.25, 0.3) is 11.2 Å². The van der Waals surface area contributed by atoms with Gasteiger partial charge in [-0.25, -0.2) is 20.5 Å². The Morgan fingerprint density at radius 1 is 1.30 bits per heavy atom. The first-order valence-corrected chi connectivity index (χ1v) is 16.2. The van der Waals surface area contributed by atoms with E-state index in [9.17, 15) is 24.7 Å². The van der Waals surface area contributed by atoms with Crippen LogP contribution in [0.5, 0.6) is 0 Å². The summed E-state index contributed by atoms with van der Waals surface area (Å²) in [4.78, 5) is 25.0. The average molecular weight is 655 g/mol. The van der Waals surface area contributed by atoms with Gasteiger partial charge in [0.1, 0.15) is 17.8 Å². The highest BCUT2D eigenvalue weighted by Crippen LogP contribution is 2.47. The van der Waals surface area contributed by atoms with Crippen LogP contribution in [0.2, 0.25) is 0 Å². The molecule has 8 N–H and O–H groups in total. The highest BCUT2D eigenvalue weighted by Gasteiger charge is 2.54. The van der Waals surface area contributed by atoms with Gasteiger partial charge in [-0.3, -0.25) is 23.4 Å². The molecule has 44 heavy (non-hydrogen) atoms. The highest BCUT2D eigenvalue weighted by atomic mass is 32.2. The second kappa shape index (κ2) is 13.7. The maximum Gasteiger partial charge on any atom is 0.405 e. The van der Waals surface area contributed by atoms with Crippen molar-refractivity contribution in [2.45, 2.75) is 51.4 Å². The molecule has 4 rings (SSSR count). The van der Waals surface area contributed by atoms with Crippen molar-refractivity contribution in [2.75, 3.05) is 43.4 Å². The molecule has 18 heteroatoms. The van der Waals surface area contributed by atoms with Gasteiger partial charge in [0.05, 0.1) is 31.6 Å². The molecule has 0 spiro atoms. The number of carbonyl (C=O) groups excluding carboxylic acids is 1. The minimum Gasteiger partial charge on any atom is -0.395 e. The van der Waals surface area contributed by atoms with Crippen LogP contribution in [0.3, 0.4) is 0 Å². The lowest BCUT2D eigenvalue weighted by Gasteiger charge is -2.27. The maximum absolute atomic E-state index is 13.8. The van der Waals surface area contributed by atoms with E-state index < -0.39 is 43.8 Å². The molecule has 1 aromatic carbocycles. The summed E-state index contributed by atoms with van der Waals surface area (Å²) in [5.74, 6) is 6.17. The summed E-state index contributed by atoms with van der Waals surface area (Å²) >= 11 is 0.945. The number of imidazole rings is 1. The minimum absolute atomic E-state index is 0.0908. The largest absolute Gasteiger partial charge is 0.405 e. The highest BCUT2D eigenvalue weighted by molar-refractivity contribution is 8.13. The fourth-order valence-corrected chi connectivity index (χ4v) is 6.59. The lowest BCUT2D eigenvalue weighted by molar-refractivity contribution is -0.119. The number of hydrogen-bond acceptors (Lipinski definition) is 15. The third-order valence-electron chi connectivity index (χ3n) is 7.02. The van der Waals surface area contributed by atoms with Crippen molar-refractivity contribution in [2.24, 2.45) is 11.3 Å². The third-order valence-corrected chi connectivity index (χ3v) is 9.76. The third kappa shape index (κ3) is 7.56. The predicted molar refractivity (Wildman–Crippen MR) is 164 cm³/mol. The first kappa shape index (κ1) is 34.2. The van der Waals surface area contributed by atoms with Crippen LogP contribution in [0.15, 0.2) is 36.7 Å². The molecule has 1 aliphatic rings. The molecule has 3 unspecified atom stereocenters. The molecular weight excluding hydrogens is 615 g/mol. The summed E-state index contributed by atoms with van der Waals surface area (Å²) in [6, 6.07) is 9.15. The van der Waals surface area contributed by atoms with E-state index in [0.717, 1.165) is 17.3 Å². The molecule has 1 fully saturated rings. The molecule has 0 saturated carbocycles. The van der Waals surface area contributed by atoms with Crippen molar-refractivity contribution in [3.05, 3.63) is 42.2 Å². The Morgan fingerprint density at radius 3 is 2.66 bits per heavy atom. The number of aliphatic hydroxyl groups is 3. The number of rotatable bonds is 14. The Morgan fingerprint density at radius 2 is 2.00 bits per heavy atom. The molecule has 2 aromatic heterocycles. The Balaban J connectivity index is 1.48. The van der Waals surface area contributed by atoms with Crippen LogP contribution in [0.1, 0.15) is 32.6 Å². The number of aliphatic hydroxyl groups excluding tert-OH is 2. The van der Waals surface area contributed by atoms with Gasteiger partial charge >= 0.3 is 7.75 Å². The molecule has 0 radical (unpaired) electrons. The van der Waals surface area contributed by atoms with E-state index >= 15 is 0 Å². The van der Waals surface area contributed by atoms with Gasteiger partial charge in [-0.05, 0) is 26.3 Å². The van der Waals surface area contributed by atoms with E-state index in [0.29, 0.717) is 5.52 Å². The van der Waals surface area contributed by atoms with Gasteiger partial charge in [0.25, 0.3) is 0 Å². The Kier molecular flexibility index (Phi) is 10.7. The number of hydrogen-bond donors (Lipinski definition) is 6. The number of nitrogen functional groups attached to an aromatic ring is 1. The molecule has 0 amide bonds. The van der Waals surface area contributed by atoms with Crippen molar-refractivity contribution in [3.63, 3.8) is 0 Å². The molecule has 3 heterocycles. The molecule has 3 aromatic rings. The first-order chi connectivity index (χ1) is 20.7. The summed E-state index contributed by atoms with van der Waals surface area (Å²) < 4.78 is 32.5. The summed E-state index contributed by atoms with van der Waals surface area (Å²) in [7, 11) is -2.47. The number of nitrogens with zero attached hydrogens (tertiary/aromatic N) is 5. The summed E-state index contributed by atoms with van der Waals surface area (Å²) in [6.07, 6.45) is -2.48. The van der Waals surface area contributed by atoms with E-state index in [4.69, 9.17) is 25.4 Å². The zero-order chi connectivity index (χ0) is 32.3. The standard InChI is InChI=1S/C26H39N8O8PS/c1-25(2,14-35)23(37)44-11-10-40-43(39,30-12-16-8-6-5-7-9-16)41-13-17-19(36)26(3,38)22(42-17)34-15-29-18-20(33(4)28)31-24(27)32-21(18)34/h5-9,15,17,19,22,35-36,38H,10-14,28H2,1-4H3,(H,30,39)(H2,27,31,32)/t17-,19?,22?,26+,43?/m1/s1. The topological polar surface area (TPSA) is 233 Å². The predicted octanol–water partition coefficient (Wildman–Crippen LogP) is 0.937. The van der Waals surface area contributed by atoms with Crippen molar-refractivity contribution < 1.29 is 38.5 Å². The number of nitrogens with one attached hydrogen (secondary N) is 1. The number of thioether (sulfide) groups is 1. The number of ether oxygens (including phenoxy) is 1. The number of nitrogens with two attached hydrogens (primary N) is 2. The lowest BCUT2D eigenvalue weighted by atomic mass is 9.96. The van der Waals surface area contributed by atoms with Crippen molar-refractivity contribution in [1.82, 2.24) is 24.6 Å². The second-order valence-corrected chi connectivity index (χ2v) is 14.1. The fourth-order valence-electron chi connectivity index (χ4n) is 4.35. The van der Waals surface area contributed by atoms with Crippen molar-refractivity contribution >= 4 is 47.6 Å². The molecule has 0 aliphatic carbocycles. The fraction of sp³-hybridized carbons (Fsp3) is 0.538. The van der Waals surface area contributed by atoms with Crippen LogP contribution in [-0.4, -0.2) is 90.4 Å². The van der Waals surface area contributed by atoms with E-state index in [1.165, 1.54) is 22.8 Å². The number of fused-ring (bicyclic) bond motifs is 1. The summed E-state index contributed by atoms with van der Waals surface area (Å²) in [5.41, 5.74) is 4.38. The number of aromatic nitrogens is 4. The van der Waals surface area contributed by atoms with E-state index in [2.05, 4.69) is 20.0 Å². The van der Waals surface area contributed by atoms with Gasteiger partial charge in [-0.15, -0.1) is 0 Å². The van der Waals surface area contributed by atoms with Gasteiger partial charge in [0, 0.05) is 19.3 Å². The second-order valence-electron chi connectivity index (χ2n) is 11.2. The first-order valence-electron chi connectivity index (χ1n) is 13.7. The molecule has 1 saturated heterocycles. The van der Waals surface area contributed by atoms with Crippen LogP contribution >= 0.6 is 19.5 Å². The normalized spacial score (nSPS) is 23.6. The lowest BCUT2D eigenvalue weighted by Crippen LogP contribution is -2.44. The molecule has 1 aliphatic heterocycles.